The number of hydrogen-bond donors (Lipinski definition) is 0. The monoisotopic (exact) mass is 834 g/mol. The predicted octanol–water partition coefficient (Wildman–Crippen LogP) is 14.5. The molecule has 65 heavy (non-hydrogen) atoms. The summed E-state index contributed by atoms with van der Waals surface area (Å²) in [6, 6.07) is 58.7. The van der Waals surface area contributed by atoms with E-state index in [1.165, 1.54) is 66.8 Å². The molecule has 3 aliphatic carbocycles. The van der Waals surface area contributed by atoms with Crippen molar-refractivity contribution >= 4 is 22.1 Å². The van der Waals surface area contributed by atoms with Gasteiger partial charge in [0, 0.05) is 56.2 Å². The number of aryl methyl sites for hydroxylation is 2. The second-order valence-corrected chi connectivity index (χ2v) is 19.7. The van der Waals surface area contributed by atoms with Crippen molar-refractivity contribution in [1.29, 1.82) is 0 Å². The van der Waals surface area contributed by atoms with Crippen LogP contribution in [0.15, 0.2) is 170 Å². The van der Waals surface area contributed by atoms with E-state index in [-0.39, 0.29) is 10.8 Å². The van der Waals surface area contributed by atoms with Gasteiger partial charge in [-0.25, -0.2) is 19.9 Å². The standard InChI is InChI=1S/C61H46N4/c1-35-13-11-15-43(25-35)61(44-16-12-14-36(2)26-44)53-31-39-27-41(37-21-23-47-45-17-7-9-19-49(45)59(3,4)51(47)29-37)33-62-57(39)64-55(53)56-54(61)32-40-28-42(34-63-58(40)65-56)38-22-24-48-46-18-8-10-20-50(46)60(5,6)52(48)30-38/h7-34H,1-6H3. The Balaban J connectivity index is 1.01. The van der Waals surface area contributed by atoms with E-state index in [0.29, 0.717) is 11.3 Å². The van der Waals surface area contributed by atoms with Crippen molar-refractivity contribution in [1.82, 2.24) is 19.9 Å². The third-order valence-electron chi connectivity index (χ3n) is 15.1. The lowest BCUT2D eigenvalue weighted by Crippen LogP contribution is -2.29. The van der Waals surface area contributed by atoms with Crippen molar-refractivity contribution in [3.8, 4) is 55.9 Å². The Morgan fingerprint density at radius 2 is 0.785 bits per heavy atom. The average Bonchev–Trinajstić information content (AvgIpc) is 3.83. The molecule has 6 aromatic carbocycles. The maximum Gasteiger partial charge on any atom is 0.159 e. The van der Waals surface area contributed by atoms with E-state index in [4.69, 9.17) is 19.9 Å². The van der Waals surface area contributed by atoms with Crippen LogP contribution in [-0.4, -0.2) is 19.9 Å². The van der Waals surface area contributed by atoms with E-state index in [0.717, 1.165) is 55.5 Å². The van der Waals surface area contributed by atoms with E-state index in [2.05, 4.69) is 199 Å². The fraction of sp³-hybridized carbons (Fsp3) is 0.148. The molecule has 0 radical (unpaired) electrons. The van der Waals surface area contributed by atoms with Crippen LogP contribution in [0.4, 0.5) is 0 Å². The summed E-state index contributed by atoms with van der Waals surface area (Å²) in [4.78, 5) is 21.1. The number of pyridine rings is 4. The molecule has 0 aliphatic heterocycles. The fourth-order valence-electron chi connectivity index (χ4n) is 11.8. The molecular weight excluding hydrogens is 789 g/mol. The molecule has 0 amide bonds. The fourth-order valence-corrected chi connectivity index (χ4v) is 11.8. The molecule has 310 valence electrons. The van der Waals surface area contributed by atoms with Gasteiger partial charge in [0.2, 0.25) is 0 Å². The highest BCUT2D eigenvalue weighted by Crippen LogP contribution is 2.57. The molecule has 4 nitrogen and oxygen atoms in total. The predicted molar refractivity (Wildman–Crippen MR) is 265 cm³/mol. The van der Waals surface area contributed by atoms with E-state index in [1.807, 2.05) is 12.4 Å². The SMILES string of the molecule is Cc1cccc(C2(c3cccc(C)c3)c3cc4cc(-c5ccc6c(c5)C(C)(C)c5ccccc5-6)cnc4nc3-c3nc4ncc(-c5ccc6c(c5)C(C)(C)c5ccccc5-6)cc4cc32)c1. The van der Waals surface area contributed by atoms with E-state index in [9.17, 15) is 0 Å². The summed E-state index contributed by atoms with van der Waals surface area (Å²) in [5, 5.41) is 1.99. The molecule has 4 heterocycles. The molecule has 13 rings (SSSR count). The van der Waals surface area contributed by atoms with Crippen molar-refractivity contribution in [3.05, 3.63) is 226 Å². The molecule has 0 fully saturated rings. The van der Waals surface area contributed by atoms with Crippen molar-refractivity contribution in [3.63, 3.8) is 0 Å². The highest BCUT2D eigenvalue weighted by atomic mass is 14.9. The van der Waals surface area contributed by atoms with Crippen LogP contribution < -0.4 is 0 Å². The van der Waals surface area contributed by atoms with Crippen LogP contribution in [0.5, 0.6) is 0 Å². The molecule has 0 unspecified atom stereocenters. The Labute approximate surface area is 379 Å². The van der Waals surface area contributed by atoms with Crippen LogP contribution in [0, 0.1) is 13.8 Å². The lowest BCUT2D eigenvalue weighted by molar-refractivity contribution is 0.660. The van der Waals surface area contributed by atoms with Crippen LogP contribution in [0.1, 0.15) is 83.3 Å². The summed E-state index contributed by atoms with van der Waals surface area (Å²) in [5.74, 6) is 0. The summed E-state index contributed by atoms with van der Waals surface area (Å²) >= 11 is 0. The van der Waals surface area contributed by atoms with Crippen LogP contribution >= 0.6 is 0 Å². The van der Waals surface area contributed by atoms with Crippen LogP contribution in [0.2, 0.25) is 0 Å². The smallest absolute Gasteiger partial charge is 0.159 e. The van der Waals surface area contributed by atoms with Crippen molar-refractivity contribution in [2.75, 3.05) is 0 Å². The zero-order valence-electron chi connectivity index (χ0n) is 37.5. The quantitative estimate of drug-likeness (QED) is 0.177. The first kappa shape index (κ1) is 37.9. The highest BCUT2D eigenvalue weighted by molar-refractivity contribution is 5.95. The molecule has 10 aromatic rings. The largest absolute Gasteiger partial charge is 0.236 e. The molecule has 0 N–H and O–H groups in total. The minimum Gasteiger partial charge on any atom is -0.236 e. The zero-order valence-corrected chi connectivity index (χ0v) is 37.5. The van der Waals surface area contributed by atoms with Gasteiger partial charge in [-0.1, -0.05) is 160 Å². The number of nitrogens with zero attached hydrogens (tertiary/aromatic N) is 4. The Morgan fingerprint density at radius 3 is 1.23 bits per heavy atom. The van der Waals surface area contributed by atoms with Gasteiger partial charge >= 0.3 is 0 Å². The van der Waals surface area contributed by atoms with Gasteiger partial charge in [-0.3, -0.25) is 0 Å². The highest BCUT2D eigenvalue weighted by Gasteiger charge is 2.49. The van der Waals surface area contributed by atoms with Gasteiger partial charge in [-0.2, -0.15) is 0 Å². The Bertz CT molecular complexity index is 3460. The number of rotatable bonds is 4. The summed E-state index contributed by atoms with van der Waals surface area (Å²) in [6.07, 6.45) is 3.97. The summed E-state index contributed by atoms with van der Waals surface area (Å²) in [5.41, 5.74) is 24.3. The molecular formula is C61H46N4. The first-order chi connectivity index (χ1) is 31.5. The number of fused-ring (bicyclic) bond motifs is 11. The van der Waals surface area contributed by atoms with Gasteiger partial charge in [-0.15, -0.1) is 0 Å². The average molecular weight is 835 g/mol. The third-order valence-corrected chi connectivity index (χ3v) is 15.1. The van der Waals surface area contributed by atoms with Gasteiger partial charge in [0.15, 0.2) is 11.3 Å². The number of aromatic nitrogens is 4. The van der Waals surface area contributed by atoms with Crippen molar-refractivity contribution in [2.24, 2.45) is 0 Å². The molecule has 0 bridgehead atoms. The second-order valence-electron chi connectivity index (χ2n) is 19.7. The Kier molecular flexibility index (Phi) is 7.73. The number of benzene rings is 6. The van der Waals surface area contributed by atoms with E-state index in [1.54, 1.807) is 0 Å². The topological polar surface area (TPSA) is 51.6 Å². The first-order valence-corrected chi connectivity index (χ1v) is 22.8. The Morgan fingerprint density at radius 1 is 0.354 bits per heavy atom. The molecule has 3 aliphatic rings. The zero-order chi connectivity index (χ0) is 44.0. The van der Waals surface area contributed by atoms with Gasteiger partial charge in [0.05, 0.1) is 16.8 Å². The molecule has 0 spiro atoms. The van der Waals surface area contributed by atoms with E-state index < -0.39 is 5.41 Å². The normalized spacial score (nSPS) is 15.3. The summed E-state index contributed by atoms with van der Waals surface area (Å²) < 4.78 is 0. The first-order valence-electron chi connectivity index (χ1n) is 22.8. The minimum atomic E-state index is -0.718. The second kappa shape index (κ2) is 13.2. The maximum atomic E-state index is 5.47. The molecule has 4 aromatic heterocycles. The van der Waals surface area contributed by atoms with Gasteiger partial charge in [0.1, 0.15) is 0 Å². The van der Waals surface area contributed by atoms with Crippen molar-refractivity contribution in [2.45, 2.75) is 57.8 Å². The summed E-state index contributed by atoms with van der Waals surface area (Å²) in [7, 11) is 0. The van der Waals surface area contributed by atoms with Gasteiger partial charge < -0.3 is 0 Å². The van der Waals surface area contributed by atoms with Gasteiger partial charge in [0.25, 0.3) is 0 Å². The minimum absolute atomic E-state index is 0.0988. The third kappa shape index (κ3) is 5.25. The Hall–Kier alpha value is -7.56. The maximum absolute atomic E-state index is 5.47. The van der Waals surface area contributed by atoms with Crippen LogP contribution in [0.3, 0.4) is 0 Å². The van der Waals surface area contributed by atoms with Gasteiger partial charge in [-0.05, 0) is 117 Å². The summed E-state index contributed by atoms with van der Waals surface area (Å²) in [6.45, 7) is 13.7. The van der Waals surface area contributed by atoms with Crippen LogP contribution in [0.25, 0.3) is 78.0 Å². The lowest BCUT2D eigenvalue weighted by Gasteiger charge is -2.34. The molecule has 0 saturated heterocycles. The number of hydrogen-bond acceptors (Lipinski definition) is 4. The lowest BCUT2D eigenvalue weighted by atomic mass is 9.67. The van der Waals surface area contributed by atoms with E-state index >= 15 is 0 Å². The molecule has 4 heteroatoms. The molecule has 0 atom stereocenters. The molecule has 0 saturated carbocycles. The van der Waals surface area contributed by atoms with Crippen LogP contribution in [-0.2, 0) is 16.2 Å². The van der Waals surface area contributed by atoms with Crippen molar-refractivity contribution < 1.29 is 0 Å².